The fraction of sp³-hybridized carbons (Fsp3) is 0.714. The summed E-state index contributed by atoms with van der Waals surface area (Å²) < 4.78 is 5.53. The lowest BCUT2D eigenvalue weighted by Crippen LogP contribution is -2.55. The van der Waals surface area contributed by atoms with Gasteiger partial charge in [0.2, 0.25) is 0 Å². The third-order valence-electron chi connectivity index (χ3n) is 4.37. The first-order valence-corrected chi connectivity index (χ1v) is 6.86. The number of nitrogens with zero attached hydrogens (tertiary/aromatic N) is 2. The number of hydrogen-bond donors (Lipinski definition) is 0. The molecule has 2 atom stereocenters. The van der Waals surface area contributed by atoms with Crippen LogP contribution in [-0.2, 0) is 0 Å². The minimum atomic E-state index is 0.425. The molecular formula is C14H22N2O. The topological polar surface area (TPSA) is 19.6 Å². The van der Waals surface area contributed by atoms with E-state index in [2.05, 4.69) is 22.8 Å². The van der Waals surface area contributed by atoms with Crippen molar-refractivity contribution in [1.82, 2.24) is 9.80 Å². The van der Waals surface area contributed by atoms with Gasteiger partial charge in [-0.05, 0) is 38.4 Å². The van der Waals surface area contributed by atoms with Gasteiger partial charge in [0.25, 0.3) is 0 Å². The van der Waals surface area contributed by atoms with E-state index in [4.69, 9.17) is 4.42 Å². The van der Waals surface area contributed by atoms with E-state index < -0.39 is 0 Å². The molecule has 2 aliphatic rings. The lowest BCUT2D eigenvalue weighted by Gasteiger charge is -2.45. The summed E-state index contributed by atoms with van der Waals surface area (Å²) in [6.45, 7) is 7.20. The molecule has 0 N–H and O–H groups in total. The van der Waals surface area contributed by atoms with Crippen molar-refractivity contribution in [3.63, 3.8) is 0 Å². The first-order chi connectivity index (χ1) is 8.34. The van der Waals surface area contributed by atoms with Crippen LogP contribution in [0.4, 0.5) is 0 Å². The Morgan fingerprint density at radius 3 is 3.06 bits per heavy atom. The zero-order valence-electron chi connectivity index (χ0n) is 10.6. The molecule has 17 heavy (non-hydrogen) atoms. The molecule has 2 fully saturated rings. The van der Waals surface area contributed by atoms with E-state index in [0.29, 0.717) is 6.04 Å². The first-order valence-electron chi connectivity index (χ1n) is 6.86. The second kappa shape index (κ2) is 4.83. The molecule has 0 spiro atoms. The number of piperazine rings is 1. The van der Waals surface area contributed by atoms with Gasteiger partial charge in [0.15, 0.2) is 0 Å². The van der Waals surface area contributed by atoms with Crippen molar-refractivity contribution in [2.24, 2.45) is 0 Å². The maximum absolute atomic E-state index is 5.53. The molecule has 0 amide bonds. The Morgan fingerprint density at radius 2 is 2.24 bits per heavy atom. The van der Waals surface area contributed by atoms with Crippen LogP contribution >= 0.6 is 0 Å². The average Bonchev–Trinajstić information content (AvgIpc) is 2.91. The lowest BCUT2D eigenvalue weighted by atomic mass is 9.98. The second-order valence-corrected chi connectivity index (χ2v) is 5.37. The van der Waals surface area contributed by atoms with Crippen molar-refractivity contribution in [3.05, 3.63) is 24.2 Å². The monoisotopic (exact) mass is 234 g/mol. The standard InChI is InChI=1S/C14H22N2O/c1-12(14-6-4-10-17-14)16-9-8-15-7-3-2-5-13(15)11-16/h4,6,10,12-13H,2-3,5,7-9,11H2,1H3. The van der Waals surface area contributed by atoms with Crippen molar-refractivity contribution in [2.75, 3.05) is 26.2 Å². The van der Waals surface area contributed by atoms with Crippen molar-refractivity contribution in [1.29, 1.82) is 0 Å². The molecule has 0 aliphatic carbocycles. The first kappa shape index (κ1) is 11.3. The van der Waals surface area contributed by atoms with Crippen LogP contribution in [0.3, 0.4) is 0 Å². The molecule has 1 aromatic rings. The van der Waals surface area contributed by atoms with Gasteiger partial charge in [0.05, 0.1) is 12.3 Å². The van der Waals surface area contributed by atoms with Crippen molar-refractivity contribution in [2.45, 2.75) is 38.3 Å². The van der Waals surface area contributed by atoms with Crippen LogP contribution in [0.15, 0.2) is 22.8 Å². The van der Waals surface area contributed by atoms with Gasteiger partial charge < -0.3 is 4.42 Å². The van der Waals surface area contributed by atoms with Gasteiger partial charge in [-0.2, -0.15) is 0 Å². The molecule has 2 saturated heterocycles. The van der Waals surface area contributed by atoms with E-state index >= 15 is 0 Å². The summed E-state index contributed by atoms with van der Waals surface area (Å²) in [5, 5.41) is 0. The number of fused-ring (bicyclic) bond motifs is 1. The molecule has 3 nitrogen and oxygen atoms in total. The van der Waals surface area contributed by atoms with Crippen LogP contribution < -0.4 is 0 Å². The summed E-state index contributed by atoms with van der Waals surface area (Å²) in [6.07, 6.45) is 5.96. The third-order valence-corrected chi connectivity index (χ3v) is 4.37. The normalized spacial score (nSPS) is 28.9. The lowest BCUT2D eigenvalue weighted by molar-refractivity contribution is 0.0262. The zero-order chi connectivity index (χ0) is 11.7. The van der Waals surface area contributed by atoms with E-state index in [0.717, 1.165) is 11.8 Å². The van der Waals surface area contributed by atoms with Gasteiger partial charge >= 0.3 is 0 Å². The minimum Gasteiger partial charge on any atom is -0.468 e. The summed E-state index contributed by atoms with van der Waals surface area (Å²) >= 11 is 0. The molecule has 0 saturated carbocycles. The van der Waals surface area contributed by atoms with Gasteiger partial charge in [-0.1, -0.05) is 6.42 Å². The molecule has 2 aliphatic heterocycles. The largest absolute Gasteiger partial charge is 0.468 e. The highest BCUT2D eigenvalue weighted by Gasteiger charge is 2.31. The number of piperidine rings is 1. The average molecular weight is 234 g/mol. The highest BCUT2D eigenvalue weighted by Crippen LogP contribution is 2.27. The van der Waals surface area contributed by atoms with Gasteiger partial charge in [-0.3, -0.25) is 9.80 Å². The molecule has 3 heteroatoms. The molecule has 3 rings (SSSR count). The molecule has 0 radical (unpaired) electrons. The highest BCUT2D eigenvalue weighted by molar-refractivity contribution is 5.04. The maximum atomic E-state index is 5.53. The minimum absolute atomic E-state index is 0.425. The Kier molecular flexibility index (Phi) is 3.21. The van der Waals surface area contributed by atoms with E-state index in [1.54, 1.807) is 6.26 Å². The Labute approximate surface area is 103 Å². The fourth-order valence-corrected chi connectivity index (χ4v) is 3.24. The fourth-order valence-electron chi connectivity index (χ4n) is 3.24. The molecular weight excluding hydrogens is 212 g/mol. The Balaban J connectivity index is 1.65. The van der Waals surface area contributed by atoms with E-state index in [-0.39, 0.29) is 0 Å². The van der Waals surface area contributed by atoms with E-state index in [1.807, 2.05) is 6.07 Å². The summed E-state index contributed by atoms with van der Waals surface area (Å²) in [6, 6.07) is 5.30. The summed E-state index contributed by atoms with van der Waals surface area (Å²) in [7, 11) is 0. The smallest absolute Gasteiger partial charge is 0.120 e. The van der Waals surface area contributed by atoms with E-state index in [9.17, 15) is 0 Å². The van der Waals surface area contributed by atoms with Crippen LogP contribution in [0.1, 0.15) is 38.0 Å². The highest BCUT2D eigenvalue weighted by atomic mass is 16.3. The van der Waals surface area contributed by atoms with Crippen LogP contribution in [0.2, 0.25) is 0 Å². The van der Waals surface area contributed by atoms with Crippen molar-refractivity contribution >= 4 is 0 Å². The molecule has 94 valence electrons. The predicted molar refractivity (Wildman–Crippen MR) is 67.9 cm³/mol. The van der Waals surface area contributed by atoms with Crippen LogP contribution in [0.5, 0.6) is 0 Å². The van der Waals surface area contributed by atoms with Gasteiger partial charge in [0, 0.05) is 25.7 Å². The van der Waals surface area contributed by atoms with Crippen LogP contribution in [-0.4, -0.2) is 42.0 Å². The number of furan rings is 1. The van der Waals surface area contributed by atoms with E-state index in [1.165, 1.54) is 45.4 Å². The van der Waals surface area contributed by atoms with Gasteiger partial charge in [-0.15, -0.1) is 0 Å². The third kappa shape index (κ3) is 2.26. The van der Waals surface area contributed by atoms with Crippen molar-refractivity contribution < 1.29 is 4.42 Å². The quantitative estimate of drug-likeness (QED) is 0.784. The maximum Gasteiger partial charge on any atom is 0.120 e. The molecule has 0 aromatic carbocycles. The van der Waals surface area contributed by atoms with Crippen molar-refractivity contribution in [3.8, 4) is 0 Å². The Bertz CT molecular complexity index is 349. The summed E-state index contributed by atoms with van der Waals surface area (Å²) in [4.78, 5) is 5.25. The number of hydrogen-bond acceptors (Lipinski definition) is 3. The van der Waals surface area contributed by atoms with Gasteiger partial charge in [0.1, 0.15) is 5.76 Å². The summed E-state index contributed by atoms with van der Waals surface area (Å²) in [5.74, 6) is 1.11. The Morgan fingerprint density at radius 1 is 1.29 bits per heavy atom. The molecule has 3 heterocycles. The Hall–Kier alpha value is -0.800. The molecule has 1 aromatic heterocycles. The SMILES string of the molecule is CC(c1ccco1)N1CCN2CCCCC2C1. The molecule has 2 unspecified atom stereocenters. The van der Waals surface area contributed by atoms with Crippen LogP contribution in [0, 0.1) is 0 Å². The molecule has 0 bridgehead atoms. The number of rotatable bonds is 2. The van der Waals surface area contributed by atoms with Crippen LogP contribution in [0.25, 0.3) is 0 Å². The summed E-state index contributed by atoms with van der Waals surface area (Å²) in [5.41, 5.74) is 0. The second-order valence-electron chi connectivity index (χ2n) is 5.37. The predicted octanol–water partition coefficient (Wildman–Crippen LogP) is 2.51. The van der Waals surface area contributed by atoms with Gasteiger partial charge in [-0.25, -0.2) is 0 Å². The zero-order valence-corrected chi connectivity index (χ0v) is 10.6.